The summed E-state index contributed by atoms with van der Waals surface area (Å²) in [4.78, 5) is 0. The van der Waals surface area contributed by atoms with Crippen molar-refractivity contribution in [3.05, 3.63) is 35.9 Å². The third-order valence-corrected chi connectivity index (χ3v) is 2.19. The number of rotatable bonds is 5. The van der Waals surface area contributed by atoms with Gasteiger partial charge in [0.1, 0.15) is 0 Å². The Kier molecular flexibility index (Phi) is 4.59. The van der Waals surface area contributed by atoms with Gasteiger partial charge in [-0.25, -0.2) is 0 Å². The molecule has 1 rings (SSSR count). The molecule has 0 aliphatic rings. The highest BCUT2D eigenvalue weighted by Crippen LogP contribution is 1.99. The summed E-state index contributed by atoms with van der Waals surface area (Å²) in [5.74, 6) is 0. The van der Waals surface area contributed by atoms with Crippen LogP contribution in [0, 0.1) is 0 Å². The summed E-state index contributed by atoms with van der Waals surface area (Å²) in [6, 6.07) is 9.64. The van der Waals surface area contributed by atoms with Gasteiger partial charge in [0.15, 0.2) is 0 Å². The van der Waals surface area contributed by atoms with Crippen LogP contribution in [0.2, 0.25) is 0 Å². The van der Waals surface area contributed by atoms with Gasteiger partial charge >= 0.3 is 0 Å². The van der Waals surface area contributed by atoms with Gasteiger partial charge in [0.25, 0.3) is 0 Å². The molecule has 78 valence electrons. The molecular weight excluding hydrogens is 178 g/mol. The first kappa shape index (κ1) is 11.2. The first-order valence-corrected chi connectivity index (χ1v) is 4.80. The number of aliphatic hydroxyl groups is 2. The Balaban J connectivity index is 2.40. The van der Waals surface area contributed by atoms with Crippen LogP contribution in [0.4, 0.5) is 0 Å². The van der Waals surface area contributed by atoms with Gasteiger partial charge in [-0.1, -0.05) is 30.3 Å². The van der Waals surface area contributed by atoms with Crippen LogP contribution < -0.4 is 5.32 Å². The topological polar surface area (TPSA) is 52.5 Å². The van der Waals surface area contributed by atoms with Gasteiger partial charge < -0.3 is 15.5 Å². The largest absolute Gasteiger partial charge is 0.395 e. The van der Waals surface area contributed by atoms with Crippen molar-refractivity contribution in [2.75, 3.05) is 6.61 Å². The van der Waals surface area contributed by atoms with Crippen molar-refractivity contribution in [2.24, 2.45) is 0 Å². The lowest BCUT2D eigenvalue weighted by Gasteiger charge is -2.18. The number of hydrogen-bond donors (Lipinski definition) is 3. The number of nitrogens with one attached hydrogen (secondary N) is 1. The Bertz CT molecular complexity index is 249. The van der Waals surface area contributed by atoms with Crippen LogP contribution in [-0.2, 0) is 6.54 Å². The van der Waals surface area contributed by atoms with E-state index < -0.39 is 6.10 Å². The molecule has 3 heteroatoms. The molecule has 3 N–H and O–H groups in total. The zero-order chi connectivity index (χ0) is 10.4. The fraction of sp³-hybridized carbons (Fsp3) is 0.455. The van der Waals surface area contributed by atoms with E-state index in [1.54, 1.807) is 6.92 Å². The monoisotopic (exact) mass is 195 g/mol. The highest BCUT2D eigenvalue weighted by Gasteiger charge is 2.12. The zero-order valence-electron chi connectivity index (χ0n) is 8.35. The van der Waals surface area contributed by atoms with E-state index in [2.05, 4.69) is 5.32 Å². The van der Waals surface area contributed by atoms with Crippen LogP contribution in [0.25, 0.3) is 0 Å². The van der Waals surface area contributed by atoms with E-state index in [1.165, 1.54) is 0 Å². The molecule has 0 saturated heterocycles. The van der Waals surface area contributed by atoms with Crippen LogP contribution in [0.3, 0.4) is 0 Å². The lowest BCUT2D eigenvalue weighted by Crippen LogP contribution is -2.40. The molecule has 1 aromatic carbocycles. The van der Waals surface area contributed by atoms with E-state index >= 15 is 0 Å². The molecule has 2 atom stereocenters. The Morgan fingerprint density at radius 2 is 1.93 bits per heavy atom. The van der Waals surface area contributed by atoms with Gasteiger partial charge in [0, 0.05) is 6.54 Å². The van der Waals surface area contributed by atoms with Gasteiger partial charge in [-0.05, 0) is 12.5 Å². The summed E-state index contributed by atoms with van der Waals surface area (Å²) in [6.07, 6.45) is -0.538. The maximum absolute atomic E-state index is 9.27. The van der Waals surface area contributed by atoms with Crippen LogP contribution >= 0.6 is 0 Å². The van der Waals surface area contributed by atoms with Crippen molar-refractivity contribution in [2.45, 2.75) is 25.6 Å². The van der Waals surface area contributed by atoms with Crippen molar-refractivity contribution in [3.63, 3.8) is 0 Å². The highest BCUT2D eigenvalue weighted by atomic mass is 16.3. The summed E-state index contributed by atoms with van der Waals surface area (Å²) in [5, 5.41) is 21.3. The van der Waals surface area contributed by atoms with Crippen LogP contribution in [0.15, 0.2) is 30.3 Å². The number of hydrogen-bond acceptors (Lipinski definition) is 3. The third-order valence-electron chi connectivity index (χ3n) is 2.19. The molecule has 1 aromatic rings. The van der Waals surface area contributed by atoms with Crippen LogP contribution in [0.5, 0.6) is 0 Å². The minimum Gasteiger partial charge on any atom is -0.395 e. The maximum atomic E-state index is 9.27. The lowest BCUT2D eigenvalue weighted by molar-refractivity contribution is 0.103. The van der Waals surface area contributed by atoms with E-state index in [0.29, 0.717) is 6.54 Å². The molecule has 0 spiro atoms. The first-order chi connectivity index (χ1) is 6.74. The van der Waals surface area contributed by atoms with Gasteiger partial charge in [-0.2, -0.15) is 0 Å². The van der Waals surface area contributed by atoms with Gasteiger partial charge in [0.05, 0.1) is 18.8 Å². The summed E-state index contributed by atoms with van der Waals surface area (Å²) >= 11 is 0. The average Bonchev–Trinajstić information content (AvgIpc) is 2.20. The molecule has 0 aromatic heterocycles. The zero-order valence-corrected chi connectivity index (χ0v) is 8.35. The standard InChI is InChI=1S/C11H17NO2/c1-9(14)11(8-13)12-7-10-5-3-2-4-6-10/h2-6,9,11-14H,7-8H2,1H3/t9-,11+/m0/s1. The fourth-order valence-corrected chi connectivity index (χ4v) is 1.23. The minimum atomic E-state index is -0.538. The molecule has 0 fully saturated rings. The van der Waals surface area contributed by atoms with Crippen molar-refractivity contribution < 1.29 is 10.2 Å². The van der Waals surface area contributed by atoms with Crippen LogP contribution in [-0.4, -0.2) is 29.0 Å². The van der Waals surface area contributed by atoms with Crippen LogP contribution in [0.1, 0.15) is 12.5 Å². The molecule has 14 heavy (non-hydrogen) atoms. The summed E-state index contributed by atoms with van der Waals surface area (Å²) in [7, 11) is 0. The van der Waals surface area contributed by atoms with Crippen molar-refractivity contribution in [1.82, 2.24) is 5.32 Å². The van der Waals surface area contributed by atoms with E-state index in [9.17, 15) is 5.11 Å². The second kappa shape index (κ2) is 5.75. The Hall–Kier alpha value is -0.900. The molecule has 0 amide bonds. The normalized spacial score (nSPS) is 15.1. The smallest absolute Gasteiger partial charge is 0.0687 e. The van der Waals surface area contributed by atoms with E-state index in [0.717, 1.165) is 5.56 Å². The van der Waals surface area contributed by atoms with E-state index in [-0.39, 0.29) is 12.6 Å². The molecule has 0 aliphatic heterocycles. The summed E-state index contributed by atoms with van der Waals surface area (Å²) < 4.78 is 0. The van der Waals surface area contributed by atoms with Gasteiger partial charge in [-0.15, -0.1) is 0 Å². The molecule has 0 saturated carbocycles. The molecule has 0 unspecified atom stereocenters. The SMILES string of the molecule is C[C@H](O)[C@@H](CO)NCc1ccccc1. The molecule has 0 aliphatic carbocycles. The molecule has 0 heterocycles. The molecule has 0 bridgehead atoms. The van der Waals surface area contributed by atoms with Crippen molar-refractivity contribution in [1.29, 1.82) is 0 Å². The number of aliphatic hydroxyl groups excluding tert-OH is 2. The average molecular weight is 195 g/mol. The second-order valence-corrected chi connectivity index (χ2v) is 3.40. The maximum Gasteiger partial charge on any atom is 0.0687 e. The Labute approximate surface area is 84.4 Å². The van der Waals surface area contributed by atoms with E-state index in [4.69, 9.17) is 5.11 Å². The quantitative estimate of drug-likeness (QED) is 0.642. The predicted octanol–water partition coefficient (Wildman–Crippen LogP) is 0.518. The minimum absolute atomic E-state index is 0.0511. The van der Waals surface area contributed by atoms with Crippen molar-refractivity contribution in [3.8, 4) is 0 Å². The first-order valence-electron chi connectivity index (χ1n) is 4.80. The predicted molar refractivity (Wildman–Crippen MR) is 55.8 cm³/mol. The summed E-state index contributed by atoms with van der Waals surface area (Å²) in [6.45, 7) is 2.28. The lowest BCUT2D eigenvalue weighted by atomic mass is 10.1. The molecular formula is C11H17NO2. The highest BCUT2D eigenvalue weighted by molar-refractivity contribution is 5.14. The Morgan fingerprint density at radius 1 is 1.29 bits per heavy atom. The Morgan fingerprint density at radius 3 is 2.43 bits per heavy atom. The van der Waals surface area contributed by atoms with Gasteiger partial charge in [0.2, 0.25) is 0 Å². The number of benzene rings is 1. The third kappa shape index (κ3) is 3.46. The molecule has 3 nitrogen and oxygen atoms in total. The molecule has 0 radical (unpaired) electrons. The fourth-order valence-electron chi connectivity index (χ4n) is 1.23. The summed E-state index contributed by atoms with van der Waals surface area (Å²) in [5.41, 5.74) is 1.15. The van der Waals surface area contributed by atoms with Gasteiger partial charge in [-0.3, -0.25) is 0 Å². The van der Waals surface area contributed by atoms with E-state index in [1.807, 2.05) is 30.3 Å². The van der Waals surface area contributed by atoms with Crippen molar-refractivity contribution >= 4 is 0 Å². The second-order valence-electron chi connectivity index (χ2n) is 3.40.